The first-order valence-electron chi connectivity index (χ1n) is 9.29. The number of nitrogens with one attached hydrogen (secondary N) is 2. The zero-order valence-electron chi connectivity index (χ0n) is 16.1. The van der Waals surface area contributed by atoms with Crippen LogP contribution in [0.1, 0.15) is 26.4 Å². The quantitative estimate of drug-likeness (QED) is 0.380. The molecular weight excluding hydrogens is 418 g/mol. The molecule has 0 saturated carbocycles. The van der Waals surface area contributed by atoms with Crippen molar-refractivity contribution in [3.63, 3.8) is 0 Å². The second-order valence-electron chi connectivity index (χ2n) is 6.62. The number of pyridine rings is 1. The summed E-state index contributed by atoms with van der Waals surface area (Å²) in [4.78, 5) is 41.8. The Bertz CT molecular complexity index is 1340. The van der Waals surface area contributed by atoms with E-state index < -0.39 is 11.8 Å². The van der Waals surface area contributed by atoms with E-state index in [1.165, 1.54) is 23.0 Å². The van der Waals surface area contributed by atoms with Crippen molar-refractivity contribution in [3.8, 4) is 0 Å². The summed E-state index contributed by atoms with van der Waals surface area (Å²) in [5.41, 5.74) is 5.45. The number of aromatic nitrogens is 3. The summed E-state index contributed by atoms with van der Waals surface area (Å²) in [6.07, 6.45) is 1.38. The second kappa shape index (κ2) is 8.76. The van der Waals surface area contributed by atoms with Crippen LogP contribution in [-0.2, 0) is 6.54 Å². The molecule has 0 radical (unpaired) electrons. The van der Waals surface area contributed by atoms with Gasteiger partial charge in [-0.15, -0.1) is 0 Å². The van der Waals surface area contributed by atoms with Gasteiger partial charge in [0.1, 0.15) is 5.15 Å². The molecule has 0 spiro atoms. The zero-order chi connectivity index (χ0) is 21.8. The summed E-state index contributed by atoms with van der Waals surface area (Å²) >= 11 is 5.79. The first-order chi connectivity index (χ1) is 15.0. The monoisotopic (exact) mass is 433 g/mol. The van der Waals surface area contributed by atoms with Gasteiger partial charge < -0.3 is 0 Å². The fourth-order valence-corrected chi connectivity index (χ4v) is 3.23. The van der Waals surface area contributed by atoms with Crippen molar-refractivity contribution in [1.29, 1.82) is 0 Å². The van der Waals surface area contributed by atoms with Gasteiger partial charge >= 0.3 is 0 Å². The molecule has 154 valence electrons. The van der Waals surface area contributed by atoms with Gasteiger partial charge in [0.2, 0.25) is 0 Å². The highest BCUT2D eigenvalue weighted by Gasteiger charge is 2.18. The molecule has 0 aliphatic rings. The summed E-state index contributed by atoms with van der Waals surface area (Å²) in [6.45, 7) is 0.201. The molecule has 0 aliphatic heterocycles. The standard InChI is InChI=1S/C22H16ClN5O3/c23-18-12-15(10-11-24-18)20(29)25-26-21(30)19-16-8-4-5-9-17(16)22(31)28(27-19)13-14-6-2-1-3-7-14/h1-12H,13H2,(H,25,29)(H,26,30). The first-order valence-corrected chi connectivity index (χ1v) is 9.67. The van der Waals surface area contributed by atoms with Gasteiger partial charge in [0, 0.05) is 17.1 Å². The van der Waals surface area contributed by atoms with E-state index in [9.17, 15) is 14.4 Å². The van der Waals surface area contributed by atoms with Crippen LogP contribution >= 0.6 is 11.6 Å². The Labute approximate surface area is 181 Å². The van der Waals surface area contributed by atoms with Crippen LogP contribution in [0.2, 0.25) is 5.15 Å². The van der Waals surface area contributed by atoms with Crippen LogP contribution in [0, 0.1) is 0 Å². The van der Waals surface area contributed by atoms with Gasteiger partial charge in [0.05, 0.1) is 11.9 Å². The Morgan fingerprint density at radius 2 is 1.58 bits per heavy atom. The second-order valence-corrected chi connectivity index (χ2v) is 7.01. The van der Waals surface area contributed by atoms with Crippen LogP contribution in [0.3, 0.4) is 0 Å². The lowest BCUT2D eigenvalue weighted by Gasteiger charge is -2.12. The third-order valence-electron chi connectivity index (χ3n) is 4.54. The van der Waals surface area contributed by atoms with Crippen LogP contribution < -0.4 is 16.4 Å². The lowest BCUT2D eigenvalue weighted by Crippen LogP contribution is -2.42. The number of benzene rings is 2. The third kappa shape index (κ3) is 4.44. The summed E-state index contributed by atoms with van der Waals surface area (Å²) < 4.78 is 1.23. The Morgan fingerprint density at radius 1 is 0.903 bits per heavy atom. The number of hydrogen-bond acceptors (Lipinski definition) is 5. The summed E-state index contributed by atoms with van der Waals surface area (Å²) in [6, 6.07) is 18.8. The summed E-state index contributed by atoms with van der Waals surface area (Å²) in [7, 11) is 0. The number of hydrogen-bond donors (Lipinski definition) is 2. The van der Waals surface area contributed by atoms with Gasteiger partial charge in [0.25, 0.3) is 17.4 Å². The molecule has 2 heterocycles. The number of carbonyl (C=O) groups excluding carboxylic acids is 2. The lowest BCUT2D eigenvalue weighted by molar-refractivity contribution is 0.0843. The Balaban J connectivity index is 1.64. The molecule has 2 aromatic carbocycles. The Hall–Kier alpha value is -4.04. The molecule has 0 unspecified atom stereocenters. The van der Waals surface area contributed by atoms with Gasteiger partial charge in [-0.1, -0.05) is 60.1 Å². The fourth-order valence-electron chi connectivity index (χ4n) is 3.05. The summed E-state index contributed by atoms with van der Waals surface area (Å²) in [5.74, 6) is -1.23. The molecule has 0 saturated heterocycles. The van der Waals surface area contributed by atoms with E-state index in [1.807, 2.05) is 30.3 Å². The number of carbonyl (C=O) groups is 2. The molecule has 0 bridgehead atoms. The maximum atomic E-state index is 12.9. The molecule has 31 heavy (non-hydrogen) atoms. The minimum atomic E-state index is -0.661. The van der Waals surface area contributed by atoms with Crippen molar-refractivity contribution in [3.05, 3.63) is 105 Å². The molecule has 9 heteroatoms. The van der Waals surface area contributed by atoms with Crippen molar-refractivity contribution < 1.29 is 9.59 Å². The van der Waals surface area contributed by atoms with E-state index in [-0.39, 0.29) is 28.5 Å². The Morgan fingerprint density at radius 3 is 2.32 bits per heavy atom. The average molecular weight is 434 g/mol. The van der Waals surface area contributed by atoms with Gasteiger partial charge in [-0.3, -0.25) is 25.2 Å². The van der Waals surface area contributed by atoms with Crippen molar-refractivity contribution in [2.24, 2.45) is 0 Å². The lowest BCUT2D eigenvalue weighted by atomic mass is 10.1. The van der Waals surface area contributed by atoms with Crippen molar-refractivity contribution in [2.75, 3.05) is 0 Å². The highest BCUT2D eigenvalue weighted by atomic mass is 35.5. The number of hydrazine groups is 1. The van der Waals surface area contributed by atoms with Gasteiger partial charge in [-0.05, 0) is 23.8 Å². The molecule has 2 amide bonds. The predicted octanol–water partition coefficient (Wildman–Crippen LogP) is 2.57. The summed E-state index contributed by atoms with van der Waals surface area (Å²) in [5, 5.41) is 5.16. The number of halogens is 1. The van der Waals surface area contributed by atoms with Gasteiger partial charge in [0.15, 0.2) is 5.69 Å². The molecule has 8 nitrogen and oxygen atoms in total. The molecule has 2 aromatic heterocycles. The topological polar surface area (TPSA) is 106 Å². The number of rotatable bonds is 4. The number of fused-ring (bicyclic) bond motifs is 1. The van der Waals surface area contributed by atoms with Crippen molar-refractivity contribution in [1.82, 2.24) is 25.6 Å². The minimum absolute atomic E-state index is 0.0131. The zero-order valence-corrected chi connectivity index (χ0v) is 16.8. The minimum Gasteiger partial charge on any atom is -0.267 e. The average Bonchev–Trinajstić information content (AvgIpc) is 2.80. The highest BCUT2D eigenvalue weighted by molar-refractivity contribution is 6.29. The van der Waals surface area contributed by atoms with Gasteiger partial charge in [-0.25, -0.2) is 9.67 Å². The van der Waals surface area contributed by atoms with E-state index in [1.54, 1.807) is 24.3 Å². The normalized spacial score (nSPS) is 10.6. The van der Waals surface area contributed by atoms with E-state index in [2.05, 4.69) is 20.9 Å². The SMILES string of the molecule is O=C(NNC(=O)c1nn(Cc2ccccc2)c(=O)c2ccccc12)c1ccnc(Cl)c1. The van der Waals surface area contributed by atoms with Gasteiger partial charge in [-0.2, -0.15) is 5.10 Å². The largest absolute Gasteiger partial charge is 0.290 e. The first kappa shape index (κ1) is 20.2. The molecule has 0 aliphatic carbocycles. The predicted molar refractivity (Wildman–Crippen MR) is 116 cm³/mol. The molecular formula is C22H16ClN5O3. The molecule has 4 aromatic rings. The van der Waals surface area contributed by atoms with E-state index in [0.717, 1.165) is 5.56 Å². The molecule has 0 fully saturated rings. The maximum Gasteiger partial charge on any atom is 0.290 e. The molecule has 0 atom stereocenters. The van der Waals surface area contributed by atoms with Crippen molar-refractivity contribution >= 4 is 34.2 Å². The smallest absolute Gasteiger partial charge is 0.267 e. The highest BCUT2D eigenvalue weighted by Crippen LogP contribution is 2.14. The maximum absolute atomic E-state index is 12.9. The Kier molecular flexibility index (Phi) is 5.72. The number of nitrogens with zero attached hydrogens (tertiary/aromatic N) is 3. The van der Waals surface area contributed by atoms with E-state index in [0.29, 0.717) is 10.8 Å². The van der Waals surface area contributed by atoms with Crippen LogP contribution in [0.15, 0.2) is 77.7 Å². The van der Waals surface area contributed by atoms with Crippen LogP contribution in [0.4, 0.5) is 0 Å². The van der Waals surface area contributed by atoms with Crippen LogP contribution in [0.5, 0.6) is 0 Å². The van der Waals surface area contributed by atoms with E-state index >= 15 is 0 Å². The van der Waals surface area contributed by atoms with E-state index in [4.69, 9.17) is 11.6 Å². The fraction of sp³-hybridized carbons (Fsp3) is 0.0455. The van der Waals surface area contributed by atoms with Crippen LogP contribution in [-0.4, -0.2) is 26.6 Å². The third-order valence-corrected chi connectivity index (χ3v) is 4.74. The molecule has 4 rings (SSSR count). The van der Waals surface area contributed by atoms with Crippen LogP contribution in [0.25, 0.3) is 10.8 Å². The van der Waals surface area contributed by atoms with Crippen molar-refractivity contribution in [2.45, 2.75) is 6.54 Å². The molecule has 2 N–H and O–H groups in total. The number of amides is 2.